The molecule has 0 aromatic heterocycles. The highest BCUT2D eigenvalue weighted by atomic mass is 79.9. The summed E-state index contributed by atoms with van der Waals surface area (Å²) < 4.78 is 6.26. The van der Waals surface area contributed by atoms with E-state index in [4.69, 9.17) is 16.3 Å². The molecule has 0 aliphatic rings. The van der Waals surface area contributed by atoms with Gasteiger partial charge in [0.05, 0.1) is 12.1 Å². The molecule has 2 aromatic carbocycles. The Kier molecular flexibility index (Phi) is 4.74. The minimum atomic E-state index is -0.702. The summed E-state index contributed by atoms with van der Waals surface area (Å²) in [5.74, 6) is 0.564. The average molecular weight is 356 g/mol. The van der Waals surface area contributed by atoms with E-state index in [1.165, 1.54) is 0 Å². The first-order valence-corrected chi connectivity index (χ1v) is 7.39. The van der Waals surface area contributed by atoms with Crippen molar-refractivity contribution in [3.8, 4) is 5.75 Å². The van der Waals surface area contributed by atoms with Crippen molar-refractivity contribution in [1.29, 1.82) is 0 Å². The summed E-state index contributed by atoms with van der Waals surface area (Å²) in [4.78, 5) is 0. The van der Waals surface area contributed by atoms with Crippen LogP contribution in [0.5, 0.6) is 5.75 Å². The second-order valence-corrected chi connectivity index (χ2v) is 5.97. The number of aliphatic hydroxyl groups excluding tert-OH is 1. The van der Waals surface area contributed by atoms with Crippen molar-refractivity contribution in [1.82, 2.24) is 0 Å². The van der Waals surface area contributed by atoms with Crippen LogP contribution in [0.15, 0.2) is 34.8 Å². The molecule has 1 N–H and O–H groups in total. The van der Waals surface area contributed by atoms with Crippen molar-refractivity contribution in [2.75, 3.05) is 7.11 Å². The number of rotatable bonds is 3. The highest BCUT2D eigenvalue weighted by Crippen LogP contribution is 2.32. The lowest BCUT2D eigenvalue weighted by Gasteiger charge is -2.16. The van der Waals surface area contributed by atoms with Gasteiger partial charge >= 0.3 is 0 Å². The molecule has 0 bridgehead atoms. The Morgan fingerprint density at radius 3 is 2.25 bits per heavy atom. The quantitative estimate of drug-likeness (QED) is 0.856. The fraction of sp³-hybridized carbons (Fsp3) is 0.250. The van der Waals surface area contributed by atoms with Crippen LogP contribution >= 0.6 is 27.5 Å². The summed E-state index contributed by atoms with van der Waals surface area (Å²) in [5, 5.41) is 11.1. The molecule has 2 nitrogen and oxygen atoms in total. The van der Waals surface area contributed by atoms with Gasteiger partial charge in [-0.3, -0.25) is 0 Å². The number of methoxy groups -OCH3 is 1. The molecule has 0 saturated heterocycles. The standard InChI is InChI=1S/C16H16BrClO2/c1-9-6-12(7-10(2)15(9)17)16(19)11-4-5-13(18)14(8-11)20-3/h4-8,16,19H,1-3H3. The Morgan fingerprint density at radius 1 is 1.10 bits per heavy atom. The van der Waals surface area contributed by atoms with E-state index in [1.807, 2.05) is 32.0 Å². The fourth-order valence-electron chi connectivity index (χ4n) is 2.18. The van der Waals surface area contributed by atoms with Gasteiger partial charge < -0.3 is 9.84 Å². The van der Waals surface area contributed by atoms with Gasteiger partial charge in [-0.25, -0.2) is 0 Å². The second-order valence-electron chi connectivity index (χ2n) is 4.77. The summed E-state index contributed by atoms with van der Waals surface area (Å²) in [6.07, 6.45) is -0.702. The summed E-state index contributed by atoms with van der Waals surface area (Å²) >= 11 is 9.54. The third kappa shape index (κ3) is 3.00. The van der Waals surface area contributed by atoms with E-state index in [9.17, 15) is 5.11 Å². The Labute approximate surface area is 132 Å². The Bertz CT molecular complexity index is 617. The number of halogens is 2. The molecule has 0 radical (unpaired) electrons. The lowest BCUT2D eigenvalue weighted by atomic mass is 9.98. The van der Waals surface area contributed by atoms with E-state index in [2.05, 4.69) is 15.9 Å². The molecule has 106 valence electrons. The number of aryl methyl sites for hydroxylation is 2. The highest BCUT2D eigenvalue weighted by Gasteiger charge is 2.14. The van der Waals surface area contributed by atoms with Gasteiger partial charge in [0.2, 0.25) is 0 Å². The first kappa shape index (κ1) is 15.4. The molecule has 0 aliphatic carbocycles. The lowest BCUT2D eigenvalue weighted by molar-refractivity contribution is 0.219. The largest absolute Gasteiger partial charge is 0.495 e. The molecule has 0 amide bonds. The Hall–Kier alpha value is -1.03. The number of hydrogen-bond acceptors (Lipinski definition) is 2. The smallest absolute Gasteiger partial charge is 0.137 e. The minimum Gasteiger partial charge on any atom is -0.495 e. The molecular formula is C16H16BrClO2. The summed E-state index contributed by atoms with van der Waals surface area (Å²) in [5.41, 5.74) is 3.81. The number of hydrogen-bond donors (Lipinski definition) is 1. The second kappa shape index (κ2) is 6.17. The molecule has 1 atom stereocenters. The third-order valence-electron chi connectivity index (χ3n) is 3.27. The zero-order valence-electron chi connectivity index (χ0n) is 11.6. The van der Waals surface area contributed by atoms with Gasteiger partial charge in [0.15, 0.2) is 0 Å². The van der Waals surface area contributed by atoms with Gasteiger partial charge in [0.25, 0.3) is 0 Å². The molecule has 0 spiro atoms. The minimum absolute atomic E-state index is 0.534. The normalized spacial score (nSPS) is 12.3. The maximum absolute atomic E-state index is 10.5. The predicted octanol–water partition coefficient (Wildman–Crippen LogP) is 4.81. The van der Waals surface area contributed by atoms with Crippen LogP contribution in [0.4, 0.5) is 0 Å². The number of ether oxygens (including phenoxy) is 1. The third-order valence-corrected chi connectivity index (χ3v) is 4.83. The van der Waals surface area contributed by atoms with Crippen molar-refractivity contribution >= 4 is 27.5 Å². The zero-order chi connectivity index (χ0) is 14.9. The van der Waals surface area contributed by atoms with Gasteiger partial charge in [0, 0.05) is 4.47 Å². The maximum atomic E-state index is 10.5. The molecule has 0 aliphatic heterocycles. The lowest BCUT2D eigenvalue weighted by Crippen LogP contribution is -2.02. The van der Waals surface area contributed by atoms with Crippen molar-refractivity contribution in [3.63, 3.8) is 0 Å². The SMILES string of the molecule is COc1cc(C(O)c2cc(C)c(Br)c(C)c2)ccc1Cl. The maximum Gasteiger partial charge on any atom is 0.137 e. The first-order valence-electron chi connectivity index (χ1n) is 6.22. The molecule has 1 unspecified atom stereocenters. The summed E-state index contributed by atoms with van der Waals surface area (Å²) in [6.45, 7) is 4.02. The van der Waals surface area contributed by atoms with Crippen LogP contribution in [-0.2, 0) is 0 Å². The molecule has 2 rings (SSSR count). The van der Waals surface area contributed by atoms with Crippen LogP contribution in [0, 0.1) is 13.8 Å². The van der Waals surface area contributed by atoms with Gasteiger partial charge in [-0.15, -0.1) is 0 Å². The summed E-state index contributed by atoms with van der Waals surface area (Å²) in [6, 6.07) is 9.26. The number of aliphatic hydroxyl groups is 1. The van der Waals surface area contributed by atoms with E-state index in [1.54, 1.807) is 19.2 Å². The summed E-state index contributed by atoms with van der Waals surface area (Å²) in [7, 11) is 1.56. The number of benzene rings is 2. The van der Waals surface area contributed by atoms with Crippen LogP contribution in [0.2, 0.25) is 5.02 Å². The van der Waals surface area contributed by atoms with Crippen molar-refractivity contribution in [2.45, 2.75) is 20.0 Å². The van der Waals surface area contributed by atoms with E-state index in [0.717, 1.165) is 26.7 Å². The van der Waals surface area contributed by atoms with Crippen LogP contribution in [0.3, 0.4) is 0 Å². The fourth-order valence-corrected chi connectivity index (χ4v) is 2.60. The molecule has 0 heterocycles. The van der Waals surface area contributed by atoms with Crippen molar-refractivity contribution < 1.29 is 9.84 Å². The van der Waals surface area contributed by atoms with E-state index < -0.39 is 6.10 Å². The Morgan fingerprint density at radius 2 is 1.70 bits per heavy atom. The molecule has 0 saturated carbocycles. The van der Waals surface area contributed by atoms with E-state index >= 15 is 0 Å². The molecule has 2 aromatic rings. The molecule has 20 heavy (non-hydrogen) atoms. The molecule has 0 fully saturated rings. The van der Waals surface area contributed by atoms with Crippen molar-refractivity contribution in [2.24, 2.45) is 0 Å². The molecule has 4 heteroatoms. The van der Waals surface area contributed by atoms with Crippen LogP contribution in [0.1, 0.15) is 28.4 Å². The Balaban J connectivity index is 2.43. The predicted molar refractivity (Wildman–Crippen MR) is 85.7 cm³/mol. The van der Waals surface area contributed by atoms with Crippen molar-refractivity contribution in [3.05, 3.63) is 62.1 Å². The highest BCUT2D eigenvalue weighted by molar-refractivity contribution is 9.10. The first-order chi connectivity index (χ1) is 9.43. The topological polar surface area (TPSA) is 29.5 Å². The van der Waals surface area contributed by atoms with Gasteiger partial charge in [0.1, 0.15) is 11.9 Å². The van der Waals surface area contributed by atoms with Gasteiger partial charge in [-0.2, -0.15) is 0 Å². The van der Waals surface area contributed by atoms with Gasteiger partial charge in [-0.1, -0.05) is 45.7 Å². The monoisotopic (exact) mass is 354 g/mol. The van der Waals surface area contributed by atoms with Gasteiger partial charge in [-0.05, 0) is 48.2 Å². The molecular weight excluding hydrogens is 340 g/mol. The van der Waals surface area contributed by atoms with E-state index in [-0.39, 0.29) is 0 Å². The van der Waals surface area contributed by atoms with Crippen LogP contribution in [0.25, 0.3) is 0 Å². The van der Waals surface area contributed by atoms with Crippen LogP contribution < -0.4 is 4.74 Å². The van der Waals surface area contributed by atoms with E-state index in [0.29, 0.717) is 10.8 Å². The van der Waals surface area contributed by atoms with Crippen LogP contribution in [-0.4, -0.2) is 12.2 Å². The zero-order valence-corrected chi connectivity index (χ0v) is 13.9. The average Bonchev–Trinajstić information content (AvgIpc) is 2.44.